The molecule has 216 valence electrons. The third-order valence-corrected chi connectivity index (χ3v) is 6.79. The number of hydrogen-bond donors (Lipinski definition) is 4. The molecule has 10 heteroatoms. The number of rotatable bonds is 11. The number of aryl methyl sites for hydroxylation is 2. The molecule has 4 amide bonds. The number of nitrogens with one attached hydrogen (secondary N) is 3. The van der Waals surface area contributed by atoms with E-state index in [0.29, 0.717) is 30.2 Å². The van der Waals surface area contributed by atoms with Crippen molar-refractivity contribution in [3.8, 4) is 5.75 Å². The minimum atomic E-state index is -1.75. The first-order valence-electron chi connectivity index (χ1n) is 13.6. The second kappa shape index (κ2) is 12.8. The molecule has 3 aromatic carbocycles. The Morgan fingerprint density at radius 2 is 1.59 bits per heavy atom. The molecule has 10 nitrogen and oxygen atoms in total. The van der Waals surface area contributed by atoms with Gasteiger partial charge in [0.05, 0.1) is 24.3 Å². The molecule has 0 radical (unpaired) electrons. The smallest absolute Gasteiger partial charge is 0.320 e. The van der Waals surface area contributed by atoms with Gasteiger partial charge in [-0.15, -0.1) is 0 Å². The lowest BCUT2D eigenvalue weighted by atomic mass is 9.87. The van der Waals surface area contributed by atoms with E-state index in [0.717, 1.165) is 11.1 Å². The Morgan fingerprint density at radius 1 is 0.927 bits per heavy atom. The average Bonchev–Trinajstić information content (AvgIpc) is 3.14. The number of phenolic OH excluding ortho intramolecular Hbond substituents is 1. The van der Waals surface area contributed by atoms with Crippen LogP contribution in [0.3, 0.4) is 0 Å². The minimum absolute atomic E-state index is 0.0565. The standard InChI is InChI=1S/C31H36N4O6/c1-5-40-28(41-6-2)19-35-25-10-8-7-9-23(25)31(29(35)38,34-30(39)32-22-14-11-20(3)12-15-22)18-27(37)33-24-16-13-21(4)17-26(24)36/h7-17,28,36H,5-6,18-19H2,1-4H3,(H,33,37)(H2,32,34,39)/t31-/m0/s1. The summed E-state index contributed by atoms with van der Waals surface area (Å²) in [6, 6.07) is 18.4. The van der Waals surface area contributed by atoms with Gasteiger partial charge in [0.2, 0.25) is 5.91 Å². The van der Waals surface area contributed by atoms with E-state index >= 15 is 0 Å². The fourth-order valence-corrected chi connectivity index (χ4v) is 4.89. The number of benzene rings is 3. The Labute approximate surface area is 239 Å². The summed E-state index contributed by atoms with van der Waals surface area (Å²) in [5, 5.41) is 18.6. The van der Waals surface area contributed by atoms with Gasteiger partial charge >= 0.3 is 6.03 Å². The van der Waals surface area contributed by atoms with Crippen molar-refractivity contribution in [2.75, 3.05) is 35.3 Å². The van der Waals surface area contributed by atoms with Gasteiger partial charge in [-0.3, -0.25) is 9.59 Å². The first-order chi connectivity index (χ1) is 19.7. The first-order valence-corrected chi connectivity index (χ1v) is 13.6. The lowest BCUT2D eigenvalue weighted by Gasteiger charge is -2.30. The van der Waals surface area contributed by atoms with Gasteiger partial charge in [-0.25, -0.2) is 4.79 Å². The van der Waals surface area contributed by atoms with Crippen molar-refractivity contribution in [2.24, 2.45) is 0 Å². The topological polar surface area (TPSA) is 129 Å². The van der Waals surface area contributed by atoms with Crippen LogP contribution < -0.4 is 20.9 Å². The van der Waals surface area contributed by atoms with E-state index in [1.54, 1.807) is 48.5 Å². The highest BCUT2D eigenvalue weighted by Gasteiger charge is 2.53. The second-order valence-electron chi connectivity index (χ2n) is 9.87. The van der Waals surface area contributed by atoms with Crippen LogP contribution in [0, 0.1) is 13.8 Å². The number of carbonyl (C=O) groups excluding carboxylic acids is 3. The van der Waals surface area contributed by atoms with Gasteiger partial charge in [0.1, 0.15) is 5.75 Å². The molecule has 3 aromatic rings. The predicted octanol–water partition coefficient (Wildman–Crippen LogP) is 4.80. The van der Waals surface area contributed by atoms with Crippen LogP contribution in [-0.4, -0.2) is 49.0 Å². The van der Waals surface area contributed by atoms with E-state index in [-0.39, 0.29) is 18.0 Å². The van der Waals surface area contributed by atoms with Crippen LogP contribution in [0.5, 0.6) is 5.75 Å². The van der Waals surface area contributed by atoms with E-state index in [4.69, 9.17) is 9.47 Å². The van der Waals surface area contributed by atoms with Gasteiger partial charge in [-0.1, -0.05) is 42.0 Å². The third kappa shape index (κ3) is 6.67. The highest BCUT2D eigenvalue weighted by molar-refractivity contribution is 6.13. The van der Waals surface area contributed by atoms with Gasteiger partial charge in [0.25, 0.3) is 5.91 Å². The molecule has 0 saturated heterocycles. The summed E-state index contributed by atoms with van der Waals surface area (Å²) in [7, 11) is 0. The summed E-state index contributed by atoms with van der Waals surface area (Å²) in [6.45, 7) is 8.22. The summed E-state index contributed by atoms with van der Waals surface area (Å²) in [6.07, 6.45) is -1.14. The molecule has 41 heavy (non-hydrogen) atoms. The number of fused-ring (bicyclic) bond motifs is 1. The molecule has 0 aliphatic carbocycles. The van der Waals surface area contributed by atoms with E-state index in [2.05, 4.69) is 16.0 Å². The maximum Gasteiger partial charge on any atom is 0.320 e. The monoisotopic (exact) mass is 560 g/mol. The molecule has 0 aromatic heterocycles. The van der Waals surface area contributed by atoms with Crippen molar-refractivity contribution in [1.82, 2.24) is 5.32 Å². The van der Waals surface area contributed by atoms with E-state index in [1.807, 2.05) is 39.8 Å². The van der Waals surface area contributed by atoms with Gasteiger partial charge in [-0.05, 0) is 63.6 Å². The first kappa shape index (κ1) is 29.6. The van der Waals surface area contributed by atoms with Gasteiger partial charge in [-0.2, -0.15) is 0 Å². The number of phenols is 1. The molecule has 0 saturated carbocycles. The predicted molar refractivity (Wildman–Crippen MR) is 157 cm³/mol. The molecular weight excluding hydrogens is 524 g/mol. The quantitative estimate of drug-likeness (QED) is 0.197. The molecule has 1 aliphatic rings. The molecule has 0 fully saturated rings. The fourth-order valence-electron chi connectivity index (χ4n) is 4.89. The van der Waals surface area contributed by atoms with E-state index < -0.39 is 36.1 Å². The normalized spacial score (nSPS) is 16.0. The molecule has 1 atom stereocenters. The maximum atomic E-state index is 14.3. The van der Waals surface area contributed by atoms with Crippen LogP contribution in [-0.2, 0) is 24.6 Å². The van der Waals surface area contributed by atoms with Crippen LogP contribution in [0.2, 0.25) is 0 Å². The van der Waals surface area contributed by atoms with Crippen LogP contribution in [0.15, 0.2) is 66.7 Å². The summed E-state index contributed by atoms with van der Waals surface area (Å²) in [5.74, 6) is -1.19. The number of urea groups is 1. The SMILES string of the molecule is CCOC(CN1C(=O)[C@@](CC(=O)Nc2ccc(C)cc2O)(NC(=O)Nc2ccc(C)cc2)c2ccccc21)OCC. The van der Waals surface area contributed by atoms with E-state index in [1.165, 1.54) is 11.0 Å². The number of anilines is 3. The van der Waals surface area contributed by atoms with Crippen molar-refractivity contribution in [3.63, 3.8) is 0 Å². The van der Waals surface area contributed by atoms with Crippen molar-refractivity contribution < 1.29 is 29.0 Å². The summed E-state index contributed by atoms with van der Waals surface area (Å²) >= 11 is 0. The highest BCUT2D eigenvalue weighted by atomic mass is 16.7. The molecule has 4 rings (SSSR count). The molecular formula is C31H36N4O6. The van der Waals surface area contributed by atoms with Gasteiger partial charge in [0, 0.05) is 24.5 Å². The molecule has 0 bridgehead atoms. The molecule has 1 heterocycles. The summed E-state index contributed by atoms with van der Waals surface area (Å²) in [4.78, 5) is 42.6. The van der Waals surface area contributed by atoms with Crippen molar-refractivity contribution >= 4 is 34.9 Å². The molecule has 0 spiro atoms. The second-order valence-corrected chi connectivity index (χ2v) is 9.87. The molecule has 1 aliphatic heterocycles. The van der Waals surface area contributed by atoms with Gasteiger partial charge < -0.3 is 35.4 Å². The zero-order valence-electron chi connectivity index (χ0n) is 23.7. The summed E-state index contributed by atoms with van der Waals surface area (Å²) in [5.41, 5.74) is 1.81. The van der Waals surface area contributed by atoms with Crippen LogP contribution in [0.4, 0.5) is 21.9 Å². The Morgan fingerprint density at radius 3 is 2.24 bits per heavy atom. The fraction of sp³-hybridized carbons (Fsp3) is 0.323. The van der Waals surface area contributed by atoms with E-state index in [9.17, 15) is 19.5 Å². The number of nitrogens with zero attached hydrogens (tertiary/aromatic N) is 1. The van der Waals surface area contributed by atoms with Crippen molar-refractivity contribution in [1.29, 1.82) is 0 Å². The number of aromatic hydroxyl groups is 1. The number of amides is 4. The van der Waals surface area contributed by atoms with Crippen molar-refractivity contribution in [2.45, 2.75) is 45.9 Å². The number of ether oxygens (including phenoxy) is 2. The van der Waals surface area contributed by atoms with Crippen molar-refractivity contribution in [3.05, 3.63) is 83.4 Å². The number of carbonyl (C=O) groups is 3. The lowest BCUT2D eigenvalue weighted by Crippen LogP contribution is -2.56. The number of para-hydroxylation sites is 1. The minimum Gasteiger partial charge on any atom is -0.506 e. The van der Waals surface area contributed by atoms with Crippen LogP contribution in [0.1, 0.15) is 37.0 Å². The Kier molecular flexibility index (Phi) is 9.26. The largest absolute Gasteiger partial charge is 0.506 e. The number of hydrogen-bond acceptors (Lipinski definition) is 6. The average molecular weight is 561 g/mol. The highest BCUT2D eigenvalue weighted by Crippen LogP contribution is 2.43. The zero-order chi connectivity index (χ0) is 29.6. The molecule has 4 N–H and O–H groups in total. The Hall–Kier alpha value is -4.41. The van der Waals surface area contributed by atoms with Crippen LogP contribution in [0.25, 0.3) is 0 Å². The molecule has 0 unspecified atom stereocenters. The lowest BCUT2D eigenvalue weighted by molar-refractivity contribution is -0.138. The third-order valence-electron chi connectivity index (χ3n) is 6.79. The summed E-state index contributed by atoms with van der Waals surface area (Å²) < 4.78 is 11.4. The Bertz CT molecular complexity index is 1400. The maximum absolute atomic E-state index is 14.3. The van der Waals surface area contributed by atoms with Crippen LogP contribution >= 0.6 is 0 Å². The Balaban J connectivity index is 1.70. The zero-order valence-corrected chi connectivity index (χ0v) is 23.7. The van der Waals surface area contributed by atoms with Gasteiger partial charge in [0.15, 0.2) is 11.8 Å².